The average molecular weight is 273 g/mol. The van der Waals surface area contributed by atoms with Crippen LogP contribution < -0.4 is 10.5 Å². The summed E-state index contributed by atoms with van der Waals surface area (Å²) >= 11 is 0. The van der Waals surface area contributed by atoms with E-state index in [0.717, 1.165) is 29.2 Å². The van der Waals surface area contributed by atoms with Crippen molar-refractivity contribution in [2.24, 2.45) is 5.73 Å². The van der Waals surface area contributed by atoms with Gasteiger partial charge in [0.2, 0.25) is 5.88 Å². The molecule has 0 bridgehead atoms. The number of nitrogens with zero attached hydrogens (tertiary/aromatic N) is 2. The number of nitrogens with two attached hydrogens (primary N) is 1. The maximum absolute atomic E-state index is 5.75. The van der Waals surface area contributed by atoms with E-state index in [0.29, 0.717) is 6.54 Å². The molecule has 1 aromatic heterocycles. The van der Waals surface area contributed by atoms with Crippen LogP contribution in [0.15, 0.2) is 30.3 Å². The van der Waals surface area contributed by atoms with Crippen molar-refractivity contribution in [1.29, 1.82) is 0 Å². The summed E-state index contributed by atoms with van der Waals surface area (Å²) in [6.07, 6.45) is 0.766. The quantitative estimate of drug-likeness (QED) is 0.931. The van der Waals surface area contributed by atoms with Crippen LogP contribution >= 0.6 is 0 Å². The monoisotopic (exact) mass is 273 g/mol. The molecule has 0 unspecified atom stereocenters. The fourth-order valence-corrected chi connectivity index (χ4v) is 2.36. The van der Waals surface area contributed by atoms with E-state index in [1.807, 2.05) is 35.0 Å². The highest BCUT2D eigenvalue weighted by Crippen LogP contribution is 2.33. The maximum Gasteiger partial charge on any atom is 0.219 e. The lowest BCUT2D eigenvalue weighted by atomic mass is 9.88. The Labute approximate surface area is 120 Å². The minimum absolute atomic E-state index is 0.0438. The molecular weight excluding hydrogens is 250 g/mol. The molecular formula is C16H23N3O. The number of ether oxygens (including phenoxy) is 1. The Morgan fingerprint density at radius 3 is 2.35 bits per heavy atom. The Hall–Kier alpha value is -1.81. The van der Waals surface area contributed by atoms with E-state index >= 15 is 0 Å². The number of rotatable bonds is 4. The summed E-state index contributed by atoms with van der Waals surface area (Å²) in [6, 6.07) is 10.0. The molecule has 0 saturated heterocycles. The van der Waals surface area contributed by atoms with Crippen molar-refractivity contribution in [2.45, 2.75) is 32.6 Å². The molecule has 20 heavy (non-hydrogen) atoms. The van der Waals surface area contributed by atoms with Gasteiger partial charge in [0.1, 0.15) is 0 Å². The molecule has 0 fully saturated rings. The summed E-state index contributed by atoms with van der Waals surface area (Å²) < 4.78 is 7.47. The van der Waals surface area contributed by atoms with Crippen molar-refractivity contribution in [3.05, 3.63) is 41.6 Å². The summed E-state index contributed by atoms with van der Waals surface area (Å²) in [5.74, 6) is 0.784. The molecule has 2 N–H and O–H groups in total. The van der Waals surface area contributed by atoms with E-state index in [-0.39, 0.29) is 5.41 Å². The third-order valence-corrected chi connectivity index (χ3v) is 3.24. The van der Waals surface area contributed by atoms with Gasteiger partial charge in [-0.2, -0.15) is 5.10 Å². The molecule has 2 aromatic rings. The van der Waals surface area contributed by atoms with Gasteiger partial charge in [0, 0.05) is 11.0 Å². The molecule has 0 aliphatic carbocycles. The molecule has 0 aliphatic heterocycles. The normalized spacial score (nSPS) is 11.7. The number of para-hydroxylation sites is 1. The zero-order valence-corrected chi connectivity index (χ0v) is 12.7. The Balaban J connectivity index is 2.64. The second kappa shape index (κ2) is 5.67. The minimum atomic E-state index is -0.0438. The predicted octanol–water partition coefficient (Wildman–Crippen LogP) is 2.68. The highest BCUT2D eigenvalue weighted by Gasteiger charge is 2.27. The second-order valence-electron chi connectivity index (χ2n) is 5.87. The van der Waals surface area contributed by atoms with Gasteiger partial charge in [-0.05, 0) is 25.1 Å². The smallest absolute Gasteiger partial charge is 0.219 e. The van der Waals surface area contributed by atoms with E-state index in [1.165, 1.54) is 0 Å². The van der Waals surface area contributed by atoms with Crippen molar-refractivity contribution in [3.63, 3.8) is 0 Å². The van der Waals surface area contributed by atoms with Crippen LogP contribution in [0.3, 0.4) is 0 Å². The molecule has 1 heterocycles. The van der Waals surface area contributed by atoms with Gasteiger partial charge in [-0.1, -0.05) is 39.0 Å². The van der Waals surface area contributed by atoms with Gasteiger partial charge in [-0.3, -0.25) is 0 Å². The third kappa shape index (κ3) is 2.70. The summed E-state index contributed by atoms with van der Waals surface area (Å²) in [7, 11) is 1.68. The van der Waals surface area contributed by atoms with Gasteiger partial charge in [0.25, 0.3) is 0 Å². The SMILES string of the molecule is COc1c(CCN)c(C(C)(C)C)nn1-c1ccccc1. The van der Waals surface area contributed by atoms with E-state index in [2.05, 4.69) is 20.8 Å². The van der Waals surface area contributed by atoms with Crippen LogP contribution in [0.5, 0.6) is 5.88 Å². The first-order chi connectivity index (χ1) is 9.49. The number of aromatic nitrogens is 2. The molecule has 0 saturated carbocycles. The van der Waals surface area contributed by atoms with Gasteiger partial charge in [0.05, 0.1) is 18.5 Å². The summed E-state index contributed by atoms with van der Waals surface area (Å²) in [4.78, 5) is 0. The van der Waals surface area contributed by atoms with E-state index in [1.54, 1.807) is 7.11 Å². The number of benzene rings is 1. The van der Waals surface area contributed by atoms with Crippen molar-refractivity contribution < 1.29 is 4.74 Å². The molecule has 0 aliphatic rings. The first kappa shape index (κ1) is 14.6. The second-order valence-corrected chi connectivity index (χ2v) is 5.87. The van der Waals surface area contributed by atoms with Crippen LogP contribution in [0.2, 0.25) is 0 Å². The molecule has 0 amide bonds. The molecule has 108 valence electrons. The average Bonchev–Trinajstić information content (AvgIpc) is 2.79. The Kier molecular flexibility index (Phi) is 4.14. The topological polar surface area (TPSA) is 53.1 Å². The lowest BCUT2D eigenvalue weighted by Crippen LogP contribution is -2.16. The predicted molar refractivity (Wildman–Crippen MR) is 81.6 cm³/mol. The first-order valence-electron chi connectivity index (χ1n) is 6.91. The Morgan fingerprint density at radius 2 is 1.85 bits per heavy atom. The fraction of sp³-hybridized carbons (Fsp3) is 0.438. The van der Waals surface area contributed by atoms with Crippen LogP contribution in [0.4, 0.5) is 0 Å². The van der Waals surface area contributed by atoms with Crippen molar-refractivity contribution >= 4 is 0 Å². The molecule has 4 heteroatoms. The summed E-state index contributed by atoms with van der Waals surface area (Å²) in [5, 5.41) is 4.78. The number of methoxy groups -OCH3 is 1. The molecule has 0 spiro atoms. The molecule has 1 aromatic carbocycles. The molecule has 0 atom stereocenters. The maximum atomic E-state index is 5.75. The van der Waals surface area contributed by atoms with Crippen LogP contribution in [0, 0.1) is 0 Å². The van der Waals surface area contributed by atoms with Gasteiger partial charge in [0.15, 0.2) is 0 Å². The first-order valence-corrected chi connectivity index (χ1v) is 6.91. The number of hydrogen-bond donors (Lipinski definition) is 1. The van der Waals surface area contributed by atoms with Crippen molar-refractivity contribution in [3.8, 4) is 11.6 Å². The van der Waals surface area contributed by atoms with Gasteiger partial charge >= 0.3 is 0 Å². The van der Waals surface area contributed by atoms with E-state index in [9.17, 15) is 0 Å². The minimum Gasteiger partial charge on any atom is -0.481 e. The highest BCUT2D eigenvalue weighted by atomic mass is 16.5. The Morgan fingerprint density at radius 1 is 1.20 bits per heavy atom. The van der Waals surface area contributed by atoms with Gasteiger partial charge < -0.3 is 10.5 Å². The van der Waals surface area contributed by atoms with Crippen LogP contribution in [0.1, 0.15) is 32.0 Å². The molecule has 2 rings (SSSR count). The zero-order chi connectivity index (χ0) is 14.8. The van der Waals surface area contributed by atoms with Crippen LogP contribution in [-0.2, 0) is 11.8 Å². The van der Waals surface area contributed by atoms with Crippen LogP contribution in [-0.4, -0.2) is 23.4 Å². The van der Waals surface area contributed by atoms with Gasteiger partial charge in [-0.15, -0.1) is 0 Å². The van der Waals surface area contributed by atoms with Crippen molar-refractivity contribution in [1.82, 2.24) is 9.78 Å². The molecule has 4 nitrogen and oxygen atoms in total. The van der Waals surface area contributed by atoms with E-state index < -0.39 is 0 Å². The summed E-state index contributed by atoms with van der Waals surface area (Å²) in [5.41, 5.74) is 8.85. The van der Waals surface area contributed by atoms with Crippen molar-refractivity contribution in [2.75, 3.05) is 13.7 Å². The summed E-state index contributed by atoms with van der Waals surface area (Å²) in [6.45, 7) is 7.05. The highest BCUT2D eigenvalue weighted by molar-refractivity contribution is 5.43. The molecule has 0 radical (unpaired) electrons. The number of hydrogen-bond acceptors (Lipinski definition) is 3. The lowest BCUT2D eigenvalue weighted by Gasteiger charge is -2.17. The zero-order valence-electron chi connectivity index (χ0n) is 12.7. The largest absolute Gasteiger partial charge is 0.481 e. The Bertz CT molecular complexity index is 567. The standard InChI is InChI=1S/C16H23N3O/c1-16(2,3)14-13(10-11-17)15(20-4)19(18-14)12-8-6-5-7-9-12/h5-9H,10-11,17H2,1-4H3. The van der Waals surface area contributed by atoms with E-state index in [4.69, 9.17) is 15.6 Å². The van der Waals surface area contributed by atoms with Crippen LogP contribution in [0.25, 0.3) is 5.69 Å². The fourth-order valence-electron chi connectivity index (χ4n) is 2.36. The lowest BCUT2D eigenvalue weighted by molar-refractivity contribution is 0.379. The van der Waals surface area contributed by atoms with Gasteiger partial charge in [-0.25, -0.2) is 4.68 Å². The third-order valence-electron chi connectivity index (χ3n) is 3.24.